The van der Waals surface area contributed by atoms with Crippen molar-refractivity contribution in [1.82, 2.24) is 0 Å². The molecule has 0 bridgehead atoms. The summed E-state index contributed by atoms with van der Waals surface area (Å²) < 4.78 is 5.16. The van der Waals surface area contributed by atoms with Gasteiger partial charge in [0.2, 0.25) is 0 Å². The number of rotatable bonds is 5. The molecule has 0 amide bonds. The predicted molar refractivity (Wildman–Crippen MR) is 91.7 cm³/mol. The molecule has 0 spiro atoms. The first kappa shape index (κ1) is 15.0. The van der Waals surface area contributed by atoms with Crippen LogP contribution in [0.2, 0.25) is 0 Å². The van der Waals surface area contributed by atoms with Crippen molar-refractivity contribution in [3.05, 3.63) is 108 Å². The average molecular weight is 301 g/mol. The highest BCUT2D eigenvalue weighted by Crippen LogP contribution is 2.28. The highest BCUT2D eigenvalue weighted by molar-refractivity contribution is 6.11. The molecule has 0 saturated carbocycles. The molecule has 1 radical (unpaired) electrons. The van der Waals surface area contributed by atoms with Gasteiger partial charge < -0.3 is 4.74 Å². The number of benzene rings is 3. The van der Waals surface area contributed by atoms with E-state index in [2.05, 4.69) is 0 Å². The van der Waals surface area contributed by atoms with Gasteiger partial charge in [0.25, 0.3) is 0 Å². The molecule has 0 fully saturated rings. The molecule has 0 aliphatic heterocycles. The molecule has 0 aromatic heterocycles. The Labute approximate surface area is 136 Å². The van der Waals surface area contributed by atoms with Crippen LogP contribution in [0.1, 0.15) is 21.5 Å². The van der Waals surface area contributed by atoms with Crippen LogP contribution in [0.5, 0.6) is 5.75 Å². The van der Waals surface area contributed by atoms with Gasteiger partial charge in [-0.15, -0.1) is 0 Å². The fourth-order valence-corrected chi connectivity index (χ4v) is 2.53. The lowest BCUT2D eigenvalue weighted by Crippen LogP contribution is -2.15. The average Bonchev–Trinajstić information content (AvgIpc) is 2.64. The molecule has 2 nitrogen and oxygen atoms in total. The second kappa shape index (κ2) is 6.93. The fraction of sp³-hybridized carbons (Fsp3) is 0.0476. The van der Waals surface area contributed by atoms with E-state index in [9.17, 15) is 4.79 Å². The Balaban J connectivity index is 2.02. The van der Waals surface area contributed by atoms with Crippen LogP contribution >= 0.6 is 0 Å². The maximum atomic E-state index is 13.1. The SMILES string of the molecule is COc1ccc(C(=O)[C](c2ccccc2)c2ccccc2)cc1. The van der Waals surface area contributed by atoms with Gasteiger partial charge >= 0.3 is 0 Å². The molecule has 3 aromatic rings. The van der Waals surface area contributed by atoms with Crippen LogP contribution in [0.4, 0.5) is 0 Å². The Morgan fingerprint density at radius 3 is 1.57 bits per heavy atom. The fourth-order valence-electron chi connectivity index (χ4n) is 2.53. The summed E-state index contributed by atoms with van der Waals surface area (Å²) in [5.41, 5.74) is 2.48. The normalized spacial score (nSPS) is 10.5. The second-order valence-electron chi connectivity index (χ2n) is 5.16. The molecule has 113 valence electrons. The number of hydrogen-bond donors (Lipinski definition) is 0. The van der Waals surface area contributed by atoms with Gasteiger partial charge in [-0.25, -0.2) is 0 Å². The minimum absolute atomic E-state index is 0.00468. The van der Waals surface area contributed by atoms with Gasteiger partial charge in [-0.3, -0.25) is 4.79 Å². The minimum atomic E-state index is 0.00468. The first-order chi connectivity index (χ1) is 11.3. The number of carbonyl (C=O) groups is 1. The van der Waals surface area contributed by atoms with Gasteiger partial charge in [0.15, 0.2) is 5.78 Å². The molecule has 0 heterocycles. The summed E-state index contributed by atoms with van der Waals surface area (Å²) in [6.07, 6.45) is 0. The zero-order chi connectivity index (χ0) is 16.1. The molecule has 0 aliphatic carbocycles. The van der Waals surface area contributed by atoms with Crippen molar-refractivity contribution in [2.45, 2.75) is 0 Å². The zero-order valence-corrected chi connectivity index (χ0v) is 12.9. The van der Waals surface area contributed by atoms with Crippen LogP contribution in [0.3, 0.4) is 0 Å². The second-order valence-corrected chi connectivity index (χ2v) is 5.16. The van der Waals surface area contributed by atoms with E-state index in [0.717, 1.165) is 16.9 Å². The quantitative estimate of drug-likeness (QED) is 0.646. The van der Waals surface area contributed by atoms with Gasteiger partial charge in [-0.05, 0) is 35.4 Å². The van der Waals surface area contributed by atoms with Crippen LogP contribution < -0.4 is 4.74 Å². The van der Waals surface area contributed by atoms with E-state index in [1.165, 1.54) is 0 Å². The molecule has 0 aliphatic rings. The van der Waals surface area contributed by atoms with Gasteiger partial charge in [0.1, 0.15) is 11.7 Å². The van der Waals surface area contributed by atoms with Crippen LogP contribution in [0.15, 0.2) is 84.9 Å². The molecule has 0 atom stereocenters. The molecule has 0 N–H and O–H groups in total. The molecule has 23 heavy (non-hydrogen) atoms. The van der Waals surface area contributed by atoms with E-state index in [1.807, 2.05) is 60.7 Å². The smallest absolute Gasteiger partial charge is 0.179 e. The summed E-state index contributed by atoms with van der Waals surface area (Å²) in [6, 6.07) is 26.7. The van der Waals surface area contributed by atoms with Crippen molar-refractivity contribution in [2.24, 2.45) is 0 Å². The molecular formula is C21H17O2. The standard InChI is InChI=1S/C21H17O2/c1-23-19-14-12-18(13-15-19)21(22)20(16-8-4-2-5-9-16)17-10-6-3-7-11-17/h2-15H,1H3. The Hall–Kier alpha value is -2.87. The van der Waals surface area contributed by atoms with Crippen molar-refractivity contribution >= 4 is 5.78 Å². The van der Waals surface area contributed by atoms with Crippen LogP contribution in [0.25, 0.3) is 0 Å². The number of carbonyl (C=O) groups excluding carboxylic acids is 1. The van der Waals surface area contributed by atoms with Crippen LogP contribution in [-0.4, -0.2) is 12.9 Å². The Morgan fingerprint density at radius 1 is 0.652 bits per heavy atom. The summed E-state index contributed by atoms with van der Waals surface area (Å²) in [5, 5.41) is 0. The van der Waals surface area contributed by atoms with E-state index in [0.29, 0.717) is 11.5 Å². The summed E-state index contributed by atoms with van der Waals surface area (Å²) in [5.74, 6) is 1.45. The summed E-state index contributed by atoms with van der Waals surface area (Å²) in [7, 11) is 1.61. The summed E-state index contributed by atoms with van der Waals surface area (Å²) in [4.78, 5) is 13.1. The van der Waals surface area contributed by atoms with E-state index in [4.69, 9.17) is 4.74 Å². The Morgan fingerprint density at radius 2 is 1.13 bits per heavy atom. The monoisotopic (exact) mass is 301 g/mol. The number of ketones is 1. The predicted octanol–water partition coefficient (Wildman–Crippen LogP) is 4.55. The number of ether oxygens (including phenoxy) is 1. The molecule has 0 unspecified atom stereocenters. The maximum Gasteiger partial charge on any atom is 0.179 e. The molecular weight excluding hydrogens is 284 g/mol. The van der Waals surface area contributed by atoms with Crippen molar-refractivity contribution in [1.29, 1.82) is 0 Å². The number of methoxy groups -OCH3 is 1. The summed E-state index contributed by atoms with van der Waals surface area (Å²) >= 11 is 0. The van der Waals surface area contributed by atoms with Crippen molar-refractivity contribution < 1.29 is 9.53 Å². The molecule has 2 heteroatoms. The van der Waals surface area contributed by atoms with Crippen molar-refractivity contribution in [3.8, 4) is 5.75 Å². The molecule has 3 aromatic carbocycles. The largest absolute Gasteiger partial charge is 0.497 e. The maximum absolute atomic E-state index is 13.1. The van der Waals surface area contributed by atoms with Gasteiger partial charge in [0.05, 0.1) is 7.11 Å². The van der Waals surface area contributed by atoms with E-state index in [1.54, 1.807) is 31.4 Å². The lowest BCUT2D eigenvalue weighted by atomic mass is 9.85. The lowest BCUT2D eigenvalue weighted by molar-refractivity contribution is 0.102. The van der Waals surface area contributed by atoms with E-state index in [-0.39, 0.29) is 5.78 Å². The van der Waals surface area contributed by atoms with Crippen LogP contribution in [-0.2, 0) is 0 Å². The van der Waals surface area contributed by atoms with Crippen molar-refractivity contribution in [2.75, 3.05) is 7.11 Å². The Bertz CT molecular complexity index is 722. The van der Waals surface area contributed by atoms with Gasteiger partial charge in [0, 0.05) is 5.56 Å². The van der Waals surface area contributed by atoms with Crippen LogP contribution in [0, 0.1) is 5.92 Å². The Kier molecular flexibility index (Phi) is 4.53. The lowest BCUT2D eigenvalue weighted by Gasteiger charge is -2.16. The minimum Gasteiger partial charge on any atom is -0.497 e. The van der Waals surface area contributed by atoms with E-state index < -0.39 is 0 Å². The van der Waals surface area contributed by atoms with Gasteiger partial charge in [-0.1, -0.05) is 60.7 Å². The number of Topliss-reactive ketones (excluding diaryl/α,β-unsaturated/α-hetero) is 1. The van der Waals surface area contributed by atoms with E-state index >= 15 is 0 Å². The third kappa shape index (κ3) is 3.32. The molecule has 0 saturated heterocycles. The third-order valence-corrected chi connectivity index (χ3v) is 3.70. The summed E-state index contributed by atoms with van der Waals surface area (Å²) in [6.45, 7) is 0. The zero-order valence-electron chi connectivity index (χ0n) is 12.9. The highest BCUT2D eigenvalue weighted by Gasteiger charge is 2.24. The highest BCUT2D eigenvalue weighted by atomic mass is 16.5. The van der Waals surface area contributed by atoms with Gasteiger partial charge in [-0.2, -0.15) is 0 Å². The first-order valence-corrected chi connectivity index (χ1v) is 7.46. The topological polar surface area (TPSA) is 26.3 Å². The third-order valence-electron chi connectivity index (χ3n) is 3.70. The molecule has 3 rings (SSSR count). The number of hydrogen-bond acceptors (Lipinski definition) is 2. The first-order valence-electron chi connectivity index (χ1n) is 7.46. The van der Waals surface area contributed by atoms with Crippen molar-refractivity contribution in [3.63, 3.8) is 0 Å².